The first kappa shape index (κ1) is 17.0. The van der Waals surface area contributed by atoms with Crippen LogP contribution in [0.25, 0.3) is 11.0 Å². The number of rotatable bonds is 4. The molecule has 20 heavy (non-hydrogen) atoms. The van der Waals surface area contributed by atoms with E-state index in [1.807, 2.05) is 20.8 Å². The molecule has 0 aliphatic rings. The number of aromatic nitrogens is 1. The average Bonchev–Trinajstić information content (AvgIpc) is 2.64. The lowest BCUT2D eigenvalue weighted by Gasteiger charge is -2.25. The molecule has 0 aliphatic heterocycles. The van der Waals surface area contributed by atoms with Crippen LogP contribution in [0.1, 0.15) is 33.4 Å². The summed E-state index contributed by atoms with van der Waals surface area (Å²) in [5.41, 5.74) is 1.01. The zero-order chi connectivity index (χ0) is 15.5. The maximum Gasteiger partial charge on any atom is 0.336 e. The first-order valence-electron chi connectivity index (χ1n) is 6.16. The van der Waals surface area contributed by atoms with Crippen molar-refractivity contribution < 1.29 is 9.53 Å². The van der Waals surface area contributed by atoms with Gasteiger partial charge >= 0.3 is 5.97 Å². The van der Waals surface area contributed by atoms with E-state index in [4.69, 9.17) is 16.3 Å². The van der Waals surface area contributed by atoms with Gasteiger partial charge in [-0.3, -0.25) is 0 Å². The minimum atomic E-state index is -0.568. The second-order valence-corrected chi connectivity index (χ2v) is 6.43. The van der Waals surface area contributed by atoms with Gasteiger partial charge in [0.05, 0.1) is 11.6 Å². The molecule has 0 saturated heterocycles. The molecule has 0 spiro atoms. The average molecular weight is 361 g/mol. The molecule has 110 valence electrons. The van der Waals surface area contributed by atoms with Crippen molar-refractivity contribution in [2.75, 3.05) is 6.61 Å². The summed E-state index contributed by atoms with van der Waals surface area (Å²) < 4.78 is 5.61. The summed E-state index contributed by atoms with van der Waals surface area (Å²) in [5.74, 6) is -0.568. The van der Waals surface area contributed by atoms with E-state index in [0.717, 1.165) is 6.21 Å². The van der Waals surface area contributed by atoms with Crippen molar-refractivity contribution in [3.63, 3.8) is 0 Å². The number of hydrogen-bond donors (Lipinski definition) is 1. The van der Waals surface area contributed by atoms with Gasteiger partial charge in [0.1, 0.15) is 4.60 Å². The predicted octanol–water partition coefficient (Wildman–Crippen LogP) is 4.43. The first-order valence-corrected chi connectivity index (χ1v) is 7.33. The van der Waals surface area contributed by atoms with Gasteiger partial charge in [-0.1, -0.05) is 32.4 Å². The molecule has 6 heteroatoms. The van der Waals surface area contributed by atoms with Crippen molar-refractivity contribution in [2.24, 2.45) is 5.41 Å². The number of hydrogen-bond acceptors (Lipinski definition) is 2. The molecule has 1 heterocycles. The molecule has 0 saturated carbocycles. The van der Waals surface area contributed by atoms with E-state index in [2.05, 4.69) is 20.9 Å². The SMILES string of the molecule is CCOC(=O)/C(C=[N-])=C(/c1cc(Cl)c(Br)[nH]1)C(C)(C)C. The van der Waals surface area contributed by atoms with Gasteiger partial charge < -0.3 is 15.1 Å². The molecule has 1 aromatic heterocycles. The van der Waals surface area contributed by atoms with Crippen LogP contribution >= 0.6 is 27.5 Å². The number of nitrogens with zero attached hydrogens (tertiary/aromatic N) is 1. The van der Waals surface area contributed by atoms with Crippen LogP contribution in [0, 0.1) is 5.41 Å². The van der Waals surface area contributed by atoms with Gasteiger partial charge in [-0.2, -0.15) is 6.21 Å². The highest BCUT2D eigenvalue weighted by atomic mass is 79.9. The maximum atomic E-state index is 12.0. The Morgan fingerprint density at radius 1 is 1.55 bits per heavy atom. The van der Waals surface area contributed by atoms with Gasteiger partial charge in [0.2, 0.25) is 0 Å². The topological polar surface area (TPSA) is 64.4 Å². The lowest BCUT2D eigenvalue weighted by molar-refractivity contribution is -0.137. The molecule has 0 aromatic carbocycles. The third kappa shape index (κ3) is 3.73. The molecule has 0 amide bonds. The molecule has 0 aliphatic carbocycles. The highest BCUT2D eigenvalue weighted by Crippen LogP contribution is 2.38. The second-order valence-electron chi connectivity index (χ2n) is 5.23. The van der Waals surface area contributed by atoms with Crippen LogP contribution in [-0.2, 0) is 9.53 Å². The Morgan fingerprint density at radius 2 is 2.15 bits per heavy atom. The molecule has 0 atom stereocenters. The Morgan fingerprint density at radius 3 is 2.50 bits per heavy atom. The fraction of sp³-hybridized carbons (Fsp3) is 0.429. The van der Waals surface area contributed by atoms with Gasteiger partial charge in [0, 0.05) is 11.3 Å². The fourth-order valence-corrected chi connectivity index (χ4v) is 2.40. The third-order valence-corrected chi connectivity index (χ3v) is 3.79. The van der Waals surface area contributed by atoms with E-state index >= 15 is 0 Å². The summed E-state index contributed by atoms with van der Waals surface area (Å²) in [6.45, 7) is 7.77. The van der Waals surface area contributed by atoms with E-state index in [1.165, 1.54) is 0 Å². The summed E-state index contributed by atoms with van der Waals surface area (Å²) >= 11 is 9.31. The second kappa shape index (κ2) is 6.59. The molecule has 0 unspecified atom stereocenters. The van der Waals surface area contributed by atoms with Crippen LogP contribution in [0.4, 0.5) is 0 Å². The zero-order valence-electron chi connectivity index (χ0n) is 11.9. The monoisotopic (exact) mass is 359 g/mol. The highest BCUT2D eigenvalue weighted by Gasteiger charge is 2.26. The number of H-pyrrole nitrogens is 1. The van der Waals surface area contributed by atoms with Crippen molar-refractivity contribution in [2.45, 2.75) is 27.7 Å². The Labute approximate surface area is 132 Å². The first-order chi connectivity index (χ1) is 9.22. The van der Waals surface area contributed by atoms with Gasteiger partial charge in [0.25, 0.3) is 0 Å². The van der Waals surface area contributed by atoms with Crippen LogP contribution in [-0.4, -0.2) is 23.8 Å². The molecule has 1 rings (SSSR count). The number of esters is 1. The van der Waals surface area contributed by atoms with Gasteiger partial charge in [-0.05, 0) is 39.9 Å². The van der Waals surface area contributed by atoms with E-state index in [0.29, 0.717) is 20.9 Å². The van der Waals surface area contributed by atoms with Crippen molar-refractivity contribution in [3.05, 3.63) is 32.4 Å². The quantitative estimate of drug-likeness (QED) is 0.490. The summed E-state index contributed by atoms with van der Waals surface area (Å²) in [5, 5.41) is 9.95. The number of halogens is 2. The van der Waals surface area contributed by atoms with Crippen molar-refractivity contribution >= 4 is 45.3 Å². The molecular weight excluding hydrogens is 344 g/mol. The molecule has 0 fully saturated rings. The Hall–Kier alpha value is -1.07. The van der Waals surface area contributed by atoms with Crippen LogP contribution in [0.2, 0.25) is 5.02 Å². The molecule has 4 nitrogen and oxygen atoms in total. The van der Waals surface area contributed by atoms with E-state index in [9.17, 15) is 10.2 Å². The summed E-state index contributed by atoms with van der Waals surface area (Å²) in [6.07, 6.45) is 0.779. The molecule has 0 bridgehead atoms. The third-order valence-electron chi connectivity index (χ3n) is 2.64. The molecule has 1 N–H and O–H groups in total. The zero-order valence-corrected chi connectivity index (χ0v) is 14.2. The minimum Gasteiger partial charge on any atom is -0.810 e. The smallest absolute Gasteiger partial charge is 0.336 e. The van der Waals surface area contributed by atoms with E-state index in [1.54, 1.807) is 13.0 Å². The number of allylic oxidation sites excluding steroid dienone is 1. The normalized spacial score (nSPS) is 12.9. The fourth-order valence-electron chi connectivity index (χ4n) is 1.92. The Bertz CT molecular complexity index is 537. The van der Waals surface area contributed by atoms with Crippen LogP contribution < -0.4 is 0 Å². The van der Waals surface area contributed by atoms with Crippen molar-refractivity contribution in [1.82, 2.24) is 4.98 Å². The standard InChI is InChI=1S/C14H17BrClN2O2/c1-5-20-13(19)8(7-17)11(14(2,3)4)10-6-9(16)12(15)18-10/h6-7,18H,5H2,1-4H3/q-1/b11-8-. The lowest BCUT2D eigenvalue weighted by atomic mass is 9.81. The predicted molar refractivity (Wildman–Crippen MR) is 85.9 cm³/mol. The van der Waals surface area contributed by atoms with E-state index in [-0.39, 0.29) is 12.2 Å². The van der Waals surface area contributed by atoms with Gasteiger partial charge in [0.15, 0.2) is 0 Å². The highest BCUT2D eigenvalue weighted by molar-refractivity contribution is 9.10. The van der Waals surface area contributed by atoms with Crippen molar-refractivity contribution in [1.29, 1.82) is 0 Å². The van der Waals surface area contributed by atoms with Gasteiger partial charge in [-0.25, -0.2) is 4.79 Å². The maximum absolute atomic E-state index is 12.0. The number of aromatic amines is 1. The molecule has 0 radical (unpaired) electrons. The van der Waals surface area contributed by atoms with Crippen LogP contribution in [0.15, 0.2) is 16.2 Å². The van der Waals surface area contributed by atoms with Crippen LogP contribution in [0.3, 0.4) is 0 Å². The largest absolute Gasteiger partial charge is 0.810 e. The number of carbonyl (C=O) groups excluding carboxylic acids is 1. The number of ether oxygens (including phenoxy) is 1. The van der Waals surface area contributed by atoms with Crippen LogP contribution in [0.5, 0.6) is 0 Å². The van der Waals surface area contributed by atoms with E-state index < -0.39 is 11.4 Å². The minimum absolute atomic E-state index is 0.116. The number of carbonyl (C=O) groups is 1. The molecule has 1 aromatic rings. The summed E-state index contributed by atoms with van der Waals surface area (Å²) in [7, 11) is 0. The van der Waals surface area contributed by atoms with Crippen molar-refractivity contribution in [3.8, 4) is 0 Å². The summed E-state index contributed by atoms with van der Waals surface area (Å²) in [4.78, 5) is 15.0. The van der Waals surface area contributed by atoms with Gasteiger partial charge in [-0.15, -0.1) is 0 Å². The number of nitrogens with one attached hydrogen (secondary N) is 1. The lowest BCUT2D eigenvalue weighted by Crippen LogP contribution is -2.18. The molecular formula is C14H17BrClN2O2-. The Kier molecular flexibility index (Phi) is 5.59. The summed E-state index contributed by atoms with van der Waals surface area (Å²) in [6, 6.07) is 1.70. The Balaban J connectivity index is 3.52.